The van der Waals surface area contributed by atoms with Crippen LogP contribution in [0.3, 0.4) is 0 Å². The van der Waals surface area contributed by atoms with Crippen LogP contribution in [-0.2, 0) is 11.3 Å². The molecule has 1 fully saturated rings. The zero-order chi connectivity index (χ0) is 23.2. The number of aryl methyl sites for hydroxylation is 1. The van der Waals surface area contributed by atoms with Crippen molar-refractivity contribution in [2.45, 2.75) is 13.5 Å². The van der Waals surface area contributed by atoms with Crippen molar-refractivity contribution in [3.05, 3.63) is 58.2 Å². The van der Waals surface area contributed by atoms with Crippen LogP contribution in [0.25, 0.3) is 27.9 Å². The van der Waals surface area contributed by atoms with Gasteiger partial charge in [0.1, 0.15) is 11.3 Å². The first-order valence-electron chi connectivity index (χ1n) is 10.9. The lowest BCUT2D eigenvalue weighted by molar-refractivity contribution is 0.122. The monoisotopic (exact) mass is 481 g/mol. The Hall–Kier alpha value is -3.57. The Bertz CT molecular complexity index is 1500. The fourth-order valence-electron chi connectivity index (χ4n) is 4.14. The van der Waals surface area contributed by atoms with Crippen molar-refractivity contribution in [1.82, 2.24) is 24.6 Å². The molecule has 0 aliphatic carbocycles. The number of halogens is 2. The third kappa shape index (κ3) is 3.66. The van der Waals surface area contributed by atoms with E-state index in [1.165, 1.54) is 10.9 Å². The molecule has 0 spiro atoms. The zero-order valence-electron chi connectivity index (χ0n) is 18.3. The minimum absolute atomic E-state index is 0.0124. The number of nitrogens with zero attached hydrogens (tertiary/aromatic N) is 5. The van der Waals surface area contributed by atoms with Crippen LogP contribution in [-0.4, -0.2) is 50.9 Å². The molecule has 34 heavy (non-hydrogen) atoms. The van der Waals surface area contributed by atoms with Crippen LogP contribution >= 0.6 is 11.3 Å². The number of aromatic nitrogens is 5. The molecule has 1 aliphatic rings. The SMILES string of the molecule is Cc1cc(-c2cnc3c(NCc4nc5c(F)c(F)ccc5[nH]4)cc(N4CCOCC4)nn23)cs1. The van der Waals surface area contributed by atoms with Gasteiger partial charge in [-0.3, -0.25) is 0 Å². The van der Waals surface area contributed by atoms with E-state index in [2.05, 4.69) is 43.5 Å². The minimum Gasteiger partial charge on any atom is -0.378 e. The maximum Gasteiger partial charge on any atom is 0.186 e. The van der Waals surface area contributed by atoms with Gasteiger partial charge in [-0.25, -0.2) is 23.3 Å². The van der Waals surface area contributed by atoms with Gasteiger partial charge in [0.05, 0.1) is 42.9 Å². The topological polar surface area (TPSA) is 83.4 Å². The predicted octanol–water partition coefficient (Wildman–Crippen LogP) is 4.37. The first-order chi connectivity index (χ1) is 16.6. The summed E-state index contributed by atoms with van der Waals surface area (Å²) in [7, 11) is 0. The van der Waals surface area contributed by atoms with Crippen molar-refractivity contribution in [1.29, 1.82) is 0 Å². The van der Waals surface area contributed by atoms with Gasteiger partial charge in [-0.05, 0) is 25.1 Å². The van der Waals surface area contributed by atoms with Crippen molar-refractivity contribution in [2.24, 2.45) is 0 Å². The molecule has 2 N–H and O–H groups in total. The van der Waals surface area contributed by atoms with Gasteiger partial charge in [-0.15, -0.1) is 16.4 Å². The standard InChI is InChI=1S/C23H21F2N7OS/c1-13-8-14(12-34-13)18-10-27-23-17(9-20(30-32(18)23)31-4-6-33-7-5-31)26-11-19-28-16-3-2-15(24)21(25)22(16)29-19/h2-3,8-10,12,26H,4-7,11H2,1H3,(H,28,29). The number of nitrogens with one attached hydrogen (secondary N) is 2. The number of hydrogen-bond donors (Lipinski definition) is 2. The van der Waals surface area contributed by atoms with Gasteiger partial charge in [-0.2, -0.15) is 0 Å². The summed E-state index contributed by atoms with van der Waals surface area (Å²) in [5.41, 5.74) is 3.83. The zero-order valence-corrected chi connectivity index (χ0v) is 19.1. The van der Waals surface area contributed by atoms with Crippen molar-refractivity contribution in [3.63, 3.8) is 0 Å². The summed E-state index contributed by atoms with van der Waals surface area (Å²) in [4.78, 5) is 15.3. The summed E-state index contributed by atoms with van der Waals surface area (Å²) in [6.45, 7) is 5.12. The van der Waals surface area contributed by atoms with E-state index in [0.717, 1.165) is 41.9 Å². The van der Waals surface area contributed by atoms with E-state index >= 15 is 0 Å². The number of anilines is 2. The molecule has 11 heteroatoms. The Kier molecular flexibility index (Phi) is 5.15. The number of hydrogen-bond acceptors (Lipinski definition) is 7. The number of H-pyrrole nitrogens is 1. The highest BCUT2D eigenvalue weighted by Crippen LogP contribution is 2.30. The second kappa shape index (κ2) is 8.33. The molecule has 4 aromatic heterocycles. The number of morpholine rings is 1. The molecule has 0 atom stereocenters. The van der Waals surface area contributed by atoms with Crippen molar-refractivity contribution >= 4 is 39.5 Å². The Morgan fingerprint density at radius 3 is 2.85 bits per heavy atom. The van der Waals surface area contributed by atoms with E-state index in [0.29, 0.717) is 30.2 Å². The number of aromatic amines is 1. The molecular formula is C23H21F2N7OS. The molecule has 1 aromatic carbocycles. The molecule has 5 aromatic rings. The average molecular weight is 482 g/mol. The molecule has 1 aliphatic heterocycles. The molecule has 8 nitrogen and oxygen atoms in total. The van der Waals surface area contributed by atoms with Gasteiger partial charge in [-0.1, -0.05) is 0 Å². The lowest BCUT2D eigenvalue weighted by Gasteiger charge is -2.28. The van der Waals surface area contributed by atoms with Crippen LogP contribution in [0.4, 0.5) is 20.3 Å². The first kappa shape index (κ1) is 21.0. The van der Waals surface area contributed by atoms with E-state index in [-0.39, 0.29) is 12.1 Å². The largest absolute Gasteiger partial charge is 0.378 e. The van der Waals surface area contributed by atoms with Crippen LogP contribution in [0.5, 0.6) is 0 Å². The van der Waals surface area contributed by atoms with Crippen LogP contribution in [0.15, 0.2) is 35.8 Å². The minimum atomic E-state index is -0.954. The van der Waals surface area contributed by atoms with Gasteiger partial charge >= 0.3 is 0 Å². The second-order valence-electron chi connectivity index (χ2n) is 8.14. The lowest BCUT2D eigenvalue weighted by atomic mass is 10.2. The molecule has 0 radical (unpaired) electrons. The normalized spacial score (nSPS) is 14.4. The first-order valence-corrected chi connectivity index (χ1v) is 11.8. The van der Waals surface area contributed by atoms with Crippen LogP contribution in [0.1, 0.15) is 10.7 Å². The second-order valence-corrected chi connectivity index (χ2v) is 9.25. The van der Waals surface area contributed by atoms with E-state index < -0.39 is 11.6 Å². The van der Waals surface area contributed by atoms with Gasteiger partial charge in [0.15, 0.2) is 23.1 Å². The quantitative estimate of drug-likeness (QED) is 0.388. The van der Waals surface area contributed by atoms with E-state index in [1.54, 1.807) is 11.3 Å². The van der Waals surface area contributed by atoms with Crippen molar-refractivity contribution in [3.8, 4) is 11.3 Å². The number of rotatable bonds is 5. The average Bonchev–Trinajstić information content (AvgIpc) is 3.58. The predicted molar refractivity (Wildman–Crippen MR) is 127 cm³/mol. The number of ether oxygens (including phenoxy) is 1. The molecule has 0 bridgehead atoms. The van der Waals surface area contributed by atoms with E-state index in [4.69, 9.17) is 9.84 Å². The Morgan fingerprint density at radius 1 is 1.21 bits per heavy atom. The highest BCUT2D eigenvalue weighted by Gasteiger charge is 2.19. The smallest absolute Gasteiger partial charge is 0.186 e. The lowest BCUT2D eigenvalue weighted by Crippen LogP contribution is -2.37. The van der Waals surface area contributed by atoms with Crippen molar-refractivity contribution < 1.29 is 13.5 Å². The molecule has 0 amide bonds. The molecule has 5 heterocycles. The van der Waals surface area contributed by atoms with Gasteiger partial charge in [0, 0.05) is 35.0 Å². The maximum atomic E-state index is 14.1. The van der Waals surface area contributed by atoms with Crippen LogP contribution in [0, 0.1) is 18.6 Å². The summed E-state index contributed by atoms with van der Waals surface area (Å²) in [5, 5.41) is 10.3. The number of thiophene rings is 1. The molecule has 174 valence electrons. The fraction of sp³-hybridized carbons (Fsp3) is 0.261. The van der Waals surface area contributed by atoms with Crippen LogP contribution in [0.2, 0.25) is 0 Å². The fourth-order valence-corrected chi connectivity index (χ4v) is 4.84. The maximum absolute atomic E-state index is 14.1. The molecule has 6 rings (SSSR count). The summed E-state index contributed by atoms with van der Waals surface area (Å²) in [5.74, 6) is -0.576. The molecule has 1 saturated heterocycles. The highest BCUT2D eigenvalue weighted by atomic mass is 32.1. The molecular weight excluding hydrogens is 460 g/mol. The van der Waals surface area contributed by atoms with E-state index in [9.17, 15) is 8.78 Å². The number of fused-ring (bicyclic) bond motifs is 2. The summed E-state index contributed by atoms with van der Waals surface area (Å²) in [6, 6.07) is 6.65. The Morgan fingerprint density at radius 2 is 2.06 bits per heavy atom. The van der Waals surface area contributed by atoms with Gasteiger partial charge < -0.3 is 19.9 Å². The number of imidazole rings is 2. The van der Waals surface area contributed by atoms with Gasteiger partial charge in [0.25, 0.3) is 0 Å². The molecule has 0 unspecified atom stereocenters. The summed E-state index contributed by atoms with van der Waals surface area (Å²) >= 11 is 1.68. The summed E-state index contributed by atoms with van der Waals surface area (Å²) in [6.07, 6.45) is 1.82. The Balaban J connectivity index is 1.39. The molecule has 0 saturated carbocycles. The third-order valence-corrected chi connectivity index (χ3v) is 6.72. The number of benzene rings is 1. The highest BCUT2D eigenvalue weighted by molar-refractivity contribution is 7.10. The third-order valence-electron chi connectivity index (χ3n) is 5.86. The van der Waals surface area contributed by atoms with Crippen LogP contribution < -0.4 is 10.2 Å². The van der Waals surface area contributed by atoms with E-state index in [1.807, 2.05) is 16.8 Å². The summed E-state index contributed by atoms with van der Waals surface area (Å²) < 4.78 is 35.0. The van der Waals surface area contributed by atoms with Gasteiger partial charge in [0.2, 0.25) is 0 Å². The Labute approximate surface area is 197 Å². The van der Waals surface area contributed by atoms with Crippen molar-refractivity contribution in [2.75, 3.05) is 36.5 Å².